The number of carbonyl (C=O) groups excluding carboxylic acids is 1. The molecule has 9 heteroatoms. The smallest absolute Gasteiger partial charge is 0.395 e. The van der Waals surface area contributed by atoms with Crippen LogP contribution in [0.25, 0.3) is 10.9 Å². The number of hydrogen-bond donors (Lipinski definition) is 2. The van der Waals surface area contributed by atoms with Crippen LogP contribution in [0, 0.1) is 5.82 Å². The minimum atomic E-state index is -4.37. The molecule has 198 valence electrons. The first-order valence-corrected chi connectivity index (χ1v) is 11.3. The summed E-state index contributed by atoms with van der Waals surface area (Å²) < 4.78 is 144. The third-order valence-corrected chi connectivity index (χ3v) is 6.57. The fourth-order valence-corrected chi connectivity index (χ4v) is 4.25. The maximum absolute atomic E-state index is 15.8. The third-order valence-electron chi connectivity index (χ3n) is 6.57. The van der Waals surface area contributed by atoms with Crippen molar-refractivity contribution in [3.05, 3.63) is 59.0 Å². The Hall–Kier alpha value is -3.04. The van der Waals surface area contributed by atoms with Gasteiger partial charge in [0.05, 0.1) is 35.6 Å². The molecule has 1 fully saturated rings. The quantitative estimate of drug-likeness (QED) is 0.409. The number of benzene rings is 2. The first kappa shape index (κ1) is 15.4. The molecule has 0 saturated heterocycles. The van der Waals surface area contributed by atoms with E-state index in [9.17, 15) is 23.8 Å². The summed E-state index contributed by atoms with van der Waals surface area (Å²) in [6, 6.07) is -0.150. The molecule has 2 N–H and O–H groups in total. The number of Topliss-reactive ketones (excluding diaryl/α,β-unsaturated/α-hetero) is 1. The molecule has 3 aromatic rings. The Labute approximate surface area is 228 Å². The zero-order valence-corrected chi connectivity index (χ0v) is 19.8. The molecule has 6 nitrogen and oxygen atoms in total. The molecule has 1 unspecified atom stereocenters. The van der Waals surface area contributed by atoms with Gasteiger partial charge in [0.15, 0.2) is 11.5 Å². The van der Waals surface area contributed by atoms with E-state index in [1.807, 2.05) is 0 Å². The van der Waals surface area contributed by atoms with Gasteiger partial charge in [0.2, 0.25) is 0 Å². The molecule has 0 radical (unpaired) electrons. The molecule has 1 aliphatic carbocycles. The number of alkyl halides is 2. The summed E-state index contributed by atoms with van der Waals surface area (Å²) in [5.41, 5.74) is -6.19. The van der Waals surface area contributed by atoms with Crippen molar-refractivity contribution in [2.24, 2.45) is 0 Å². The van der Waals surface area contributed by atoms with Crippen molar-refractivity contribution in [3.63, 3.8) is 0 Å². The average Bonchev–Trinajstić information content (AvgIpc) is 3.28. The van der Waals surface area contributed by atoms with Crippen molar-refractivity contribution in [2.75, 3.05) is 6.61 Å². The number of rotatable bonds is 9. The normalized spacial score (nSPS) is 27.8. The van der Waals surface area contributed by atoms with Gasteiger partial charge in [-0.1, -0.05) is 26.7 Å². The van der Waals surface area contributed by atoms with Crippen LogP contribution in [-0.4, -0.2) is 39.5 Å². The minimum Gasteiger partial charge on any atom is -0.395 e. The lowest BCUT2D eigenvalue weighted by molar-refractivity contribution is -0.286. The number of halogens is 3. The summed E-state index contributed by atoms with van der Waals surface area (Å²) in [5, 5.41) is 20.0. The van der Waals surface area contributed by atoms with E-state index in [1.165, 1.54) is 17.6 Å². The molecule has 1 saturated carbocycles. The van der Waals surface area contributed by atoms with E-state index in [2.05, 4.69) is 9.47 Å². The highest BCUT2D eigenvalue weighted by Gasteiger charge is 2.52. The lowest BCUT2D eigenvalue weighted by atomic mass is 9.86. The number of nitrogens with zero attached hydrogens (tertiary/aromatic N) is 1. The van der Waals surface area contributed by atoms with Crippen LogP contribution in [0.2, 0.25) is 0 Å². The average molecular weight is 529 g/mol. The summed E-state index contributed by atoms with van der Waals surface area (Å²) in [6.07, 6.45) is -14.3. The lowest BCUT2D eigenvalue weighted by Gasteiger charge is -2.26. The van der Waals surface area contributed by atoms with E-state index < -0.39 is 115 Å². The largest absolute Gasteiger partial charge is 0.586 e. The fourth-order valence-electron chi connectivity index (χ4n) is 4.25. The highest BCUT2D eigenvalue weighted by Crippen LogP contribution is 2.52. The maximum atomic E-state index is 15.8. The molecule has 1 aromatic heterocycles. The first-order valence-electron chi connectivity index (χ1n) is 16.8. The van der Waals surface area contributed by atoms with Gasteiger partial charge in [-0.25, -0.2) is 4.39 Å². The van der Waals surface area contributed by atoms with Crippen LogP contribution >= 0.6 is 0 Å². The number of hydrogen-bond acceptors (Lipinski definition) is 5. The Morgan fingerprint density at radius 1 is 1.32 bits per heavy atom. The van der Waals surface area contributed by atoms with Gasteiger partial charge in [0.25, 0.3) is 0 Å². The number of ketones is 1. The monoisotopic (exact) mass is 528 g/mol. The standard InChI is InChI=1S/C28H30F3NO5/c1-4-26(2,3)24-10-17-9-16(20(29)13-21(17)32(24)14-19(34)15-33)11-25(35)27(7-8-27)18-5-6-22-23(12-18)37-28(30,31)36-22/h5-6,9-10,12-13,19,33-34H,4,7-8,11,14-15H2,1-3H3/t19-/m1/s1/i2D3,5D,6D,7D2,8D2,12D,19D/t19-,26?. The predicted octanol–water partition coefficient (Wildman–Crippen LogP) is 4.99. The molecule has 1 aliphatic heterocycles. The molecule has 0 spiro atoms. The number of aliphatic hydroxyl groups excluding tert-OH is 1. The lowest BCUT2D eigenvalue weighted by Crippen LogP contribution is -2.26. The summed E-state index contributed by atoms with van der Waals surface area (Å²) in [7, 11) is 0. The van der Waals surface area contributed by atoms with Gasteiger partial charge < -0.3 is 24.3 Å². The summed E-state index contributed by atoms with van der Waals surface area (Å²) >= 11 is 0. The molecular weight excluding hydrogens is 487 g/mol. The van der Waals surface area contributed by atoms with Gasteiger partial charge in [0.1, 0.15) is 11.6 Å². The molecule has 2 aromatic carbocycles. The summed E-state index contributed by atoms with van der Waals surface area (Å²) in [6.45, 7) is -1.42. The molecule has 2 heterocycles. The molecule has 2 atom stereocenters. The van der Waals surface area contributed by atoms with E-state index in [1.54, 1.807) is 6.92 Å². The van der Waals surface area contributed by atoms with Crippen molar-refractivity contribution < 1.29 is 52.7 Å². The van der Waals surface area contributed by atoms with Crippen LogP contribution in [0.15, 0.2) is 36.3 Å². The van der Waals surface area contributed by atoms with E-state index in [4.69, 9.17) is 15.1 Å². The van der Waals surface area contributed by atoms with Crippen molar-refractivity contribution in [3.8, 4) is 11.5 Å². The number of aromatic nitrogens is 1. The van der Waals surface area contributed by atoms with Crippen LogP contribution in [0.3, 0.4) is 0 Å². The van der Waals surface area contributed by atoms with Crippen LogP contribution in [-0.2, 0) is 28.6 Å². The highest BCUT2D eigenvalue weighted by molar-refractivity contribution is 5.95. The maximum Gasteiger partial charge on any atom is 0.586 e. The van der Waals surface area contributed by atoms with Gasteiger partial charge in [-0.05, 0) is 60.6 Å². The van der Waals surface area contributed by atoms with E-state index in [0.29, 0.717) is 0 Å². The minimum absolute atomic E-state index is 0.0141. The molecule has 0 bridgehead atoms. The predicted molar refractivity (Wildman–Crippen MR) is 131 cm³/mol. The van der Waals surface area contributed by atoms with Crippen molar-refractivity contribution >= 4 is 16.7 Å². The highest BCUT2D eigenvalue weighted by atomic mass is 19.3. The van der Waals surface area contributed by atoms with Gasteiger partial charge in [-0.2, -0.15) is 0 Å². The Kier molecular flexibility index (Phi) is 3.65. The second-order valence-corrected chi connectivity index (χ2v) is 9.20. The van der Waals surface area contributed by atoms with Gasteiger partial charge >= 0.3 is 6.29 Å². The Morgan fingerprint density at radius 2 is 2.05 bits per heavy atom. The SMILES string of the molecule is [2H]c1c([2H])c(C2(C(=O)Cc3cc4cc(C(C)(CC)C([2H])([2H])[2H])n(C[C@@]([2H])(O)CO)c4cc3F)C([2H])([2H])C2([2H])[2H])c([2H])c2c1OC(F)(F)O2. The van der Waals surface area contributed by atoms with Crippen LogP contribution in [0.4, 0.5) is 13.2 Å². The topological polar surface area (TPSA) is 80.9 Å². The number of carbonyl (C=O) groups is 1. The van der Waals surface area contributed by atoms with Gasteiger partial charge in [0, 0.05) is 32.5 Å². The Bertz CT molecular complexity index is 1850. The zero-order valence-electron chi connectivity index (χ0n) is 30.8. The van der Waals surface area contributed by atoms with Crippen LogP contribution in [0.5, 0.6) is 11.5 Å². The summed E-state index contributed by atoms with van der Waals surface area (Å²) in [4.78, 5) is 14.0. The molecule has 0 amide bonds. The molecule has 2 aliphatic rings. The third kappa shape index (κ3) is 4.48. The fraction of sp³-hybridized carbons (Fsp3) is 0.464. The van der Waals surface area contributed by atoms with Crippen molar-refractivity contribution in [1.82, 2.24) is 4.57 Å². The van der Waals surface area contributed by atoms with Gasteiger partial charge in [-0.3, -0.25) is 4.79 Å². The zero-order chi connectivity index (χ0) is 36.4. The van der Waals surface area contributed by atoms with E-state index in [0.717, 1.165) is 12.1 Å². The van der Waals surface area contributed by atoms with Crippen molar-refractivity contribution in [1.29, 1.82) is 0 Å². The first-order chi connectivity index (χ1) is 21.8. The second kappa shape index (κ2) is 8.77. The van der Waals surface area contributed by atoms with E-state index in [-0.39, 0.29) is 23.0 Å². The Balaban J connectivity index is 1.68. The number of ether oxygens (including phenoxy) is 2. The summed E-state index contributed by atoms with van der Waals surface area (Å²) in [5.74, 6) is -4.67. The van der Waals surface area contributed by atoms with Crippen molar-refractivity contribution in [2.45, 2.75) is 76.0 Å². The number of fused-ring (bicyclic) bond motifs is 2. The second-order valence-electron chi connectivity index (χ2n) is 9.20. The van der Waals surface area contributed by atoms with Crippen LogP contribution in [0.1, 0.15) is 71.8 Å². The number of aliphatic hydroxyl groups is 2. The van der Waals surface area contributed by atoms with Gasteiger partial charge in [-0.15, -0.1) is 8.78 Å². The molecule has 5 rings (SSSR count). The molecular formula is C28H30F3NO5. The Morgan fingerprint density at radius 3 is 2.70 bits per heavy atom. The van der Waals surface area contributed by atoms with Crippen LogP contribution < -0.4 is 9.47 Å². The van der Waals surface area contributed by atoms with E-state index >= 15 is 4.39 Å². The molecule has 37 heavy (non-hydrogen) atoms.